The Balaban J connectivity index is 0.000000501. The second-order valence-electron chi connectivity index (χ2n) is 6.57. The summed E-state index contributed by atoms with van der Waals surface area (Å²) in [6, 6.07) is 13.9. The molecule has 2 aromatic rings. The van der Waals surface area contributed by atoms with Gasteiger partial charge in [0.25, 0.3) is 11.6 Å². The molecule has 0 unspecified atom stereocenters. The van der Waals surface area contributed by atoms with Crippen molar-refractivity contribution >= 4 is 39.5 Å². The van der Waals surface area contributed by atoms with Gasteiger partial charge in [0.2, 0.25) is 0 Å². The zero-order chi connectivity index (χ0) is 23.0. The molecule has 1 saturated heterocycles. The van der Waals surface area contributed by atoms with Crippen LogP contribution in [0.4, 0.5) is 5.69 Å². The molecule has 0 bridgehead atoms. The van der Waals surface area contributed by atoms with Crippen molar-refractivity contribution in [3.05, 3.63) is 74.2 Å². The normalized spacial score (nSPS) is 13.6. The SMILES string of the molecule is O=C(O)C(=O)O.O=C(c1ccc([N+](=O)[O-])cc1)N1CCN(Cc2ccccc2Br)CC1. The van der Waals surface area contributed by atoms with Crippen molar-refractivity contribution in [1.82, 2.24) is 9.80 Å². The Morgan fingerprint density at radius 3 is 1.97 bits per heavy atom. The lowest BCUT2D eigenvalue weighted by Gasteiger charge is -2.35. The topological polar surface area (TPSA) is 141 Å². The van der Waals surface area contributed by atoms with Gasteiger partial charge in [0.1, 0.15) is 0 Å². The van der Waals surface area contributed by atoms with Gasteiger partial charge < -0.3 is 15.1 Å². The van der Waals surface area contributed by atoms with E-state index < -0.39 is 16.9 Å². The second-order valence-corrected chi connectivity index (χ2v) is 7.43. The van der Waals surface area contributed by atoms with Crippen LogP contribution in [0.5, 0.6) is 0 Å². The lowest BCUT2D eigenvalue weighted by atomic mass is 10.1. The van der Waals surface area contributed by atoms with Gasteiger partial charge in [-0.15, -0.1) is 0 Å². The van der Waals surface area contributed by atoms with Crippen LogP contribution in [0, 0.1) is 10.1 Å². The predicted octanol–water partition coefficient (Wildman–Crippen LogP) is 2.47. The van der Waals surface area contributed by atoms with Crippen LogP contribution in [0.2, 0.25) is 0 Å². The summed E-state index contributed by atoms with van der Waals surface area (Å²) in [6.07, 6.45) is 0. The largest absolute Gasteiger partial charge is 0.473 e. The lowest BCUT2D eigenvalue weighted by molar-refractivity contribution is -0.384. The van der Waals surface area contributed by atoms with E-state index in [0.717, 1.165) is 24.1 Å². The fourth-order valence-electron chi connectivity index (χ4n) is 2.88. The third kappa shape index (κ3) is 7.15. The average molecular weight is 494 g/mol. The molecule has 1 heterocycles. The molecule has 0 spiro atoms. The first-order valence-corrected chi connectivity index (χ1v) is 9.94. The van der Waals surface area contributed by atoms with E-state index in [2.05, 4.69) is 26.9 Å². The molecule has 1 aliphatic rings. The number of amides is 1. The summed E-state index contributed by atoms with van der Waals surface area (Å²) in [5, 5.41) is 25.5. The number of rotatable bonds is 4. The summed E-state index contributed by atoms with van der Waals surface area (Å²) >= 11 is 3.57. The van der Waals surface area contributed by atoms with E-state index in [-0.39, 0.29) is 11.6 Å². The van der Waals surface area contributed by atoms with Crippen molar-refractivity contribution in [1.29, 1.82) is 0 Å². The molecular formula is C20H20BrN3O7. The van der Waals surface area contributed by atoms with Gasteiger partial charge in [-0.3, -0.25) is 19.8 Å². The lowest BCUT2D eigenvalue weighted by Crippen LogP contribution is -2.48. The highest BCUT2D eigenvalue weighted by Gasteiger charge is 2.23. The number of nitro groups is 1. The summed E-state index contributed by atoms with van der Waals surface area (Å²) in [5.74, 6) is -3.72. The molecule has 1 fully saturated rings. The first kappa shape index (κ1) is 24.0. The van der Waals surface area contributed by atoms with Crippen molar-refractivity contribution in [2.45, 2.75) is 6.54 Å². The molecule has 3 rings (SSSR count). The van der Waals surface area contributed by atoms with Gasteiger partial charge in [-0.1, -0.05) is 34.1 Å². The number of hydrogen-bond acceptors (Lipinski definition) is 6. The molecule has 10 nitrogen and oxygen atoms in total. The number of carbonyl (C=O) groups is 3. The zero-order valence-corrected chi connectivity index (χ0v) is 17.9. The van der Waals surface area contributed by atoms with Gasteiger partial charge in [0, 0.05) is 54.9 Å². The highest BCUT2D eigenvalue weighted by molar-refractivity contribution is 9.10. The average Bonchev–Trinajstić information content (AvgIpc) is 2.76. The number of halogens is 1. The Kier molecular flexibility index (Phi) is 8.64. The van der Waals surface area contributed by atoms with Crippen LogP contribution in [0.3, 0.4) is 0 Å². The number of carbonyl (C=O) groups excluding carboxylic acids is 1. The van der Waals surface area contributed by atoms with Crippen molar-refractivity contribution in [3.8, 4) is 0 Å². The van der Waals surface area contributed by atoms with Crippen LogP contribution < -0.4 is 0 Å². The molecule has 0 radical (unpaired) electrons. The summed E-state index contributed by atoms with van der Waals surface area (Å²) in [5.41, 5.74) is 1.72. The quantitative estimate of drug-likeness (QED) is 0.375. The molecule has 0 aliphatic carbocycles. The standard InChI is InChI=1S/C18H18BrN3O3.C2H2O4/c19-17-4-2-1-3-15(17)13-20-9-11-21(12-10-20)18(23)14-5-7-16(8-6-14)22(24)25;3-1(4)2(5)6/h1-8H,9-13H2;(H,3,4)(H,5,6). The maximum absolute atomic E-state index is 12.5. The van der Waals surface area contributed by atoms with Crippen LogP contribution in [-0.2, 0) is 16.1 Å². The van der Waals surface area contributed by atoms with E-state index in [1.807, 2.05) is 18.2 Å². The Hall–Kier alpha value is -3.31. The number of hydrogen-bond donors (Lipinski definition) is 2. The Labute approximate surface area is 186 Å². The monoisotopic (exact) mass is 493 g/mol. The molecule has 2 N–H and O–H groups in total. The Morgan fingerprint density at radius 1 is 0.935 bits per heavy atom. The van der Waals surface area contributed by atoms with Crippen LogP contribution in [0.1, 0.15) is 15.9 Å². The van der Waals surface area contributed by atoms with Crippen LogP contribution in [0.25, 0.3) is 0 Å². The maximum Gasteiger partial charge on any atom is 0.414 e. The number of carboxylic acids is 2. The van der Waals surface area contributed by atoms with Gasteiger partial charge in [0.05, 0.1) is 4.92 Å². The molecule has 11 heteroatoms. The van der Waals surface area contributed by atoms with Gasteiger partial charge in [-0.25, -0.2) is 9.59 Å². The maximum atomic E-state index is 12.5. The molecule has 0 aromatic heterocycles. The number of piperazine rings is 1. The van der Waals surface area contributed by atoms with Crippen molar-refractivity contribution in [2.75, 3.05) is 26.2 Å². The summed E-state index contributed by atoms with van der Waals surface area (Å²) in [6.45, 7) is 3.77. The van der Waals surface area contributed by atoms with Crippen molar-refractivity contribution in [2.24, 2.45) is 0 Å². The number of benzene rings is 2. The smallest absolute Gasteiger partial charge is 0.414 e. The van der Waals surface area contributed by atoms with E-state index in [9.17, 15) is 14.9 Å². The Morgan fingerprint density at radius 2 is 1.48 bits per heavy atom. The van der Waals surface area contributed by atoms with Gasteiger partial charge in [-0.05, 0) is 23.8 Å². The van der Waals surface area contributed by atoms with E-state index in [0.29, 0.717) is 18.7 Å². The van der Waals surface area contributed by atoms with Gasteiger partial charge in [-0.2, -0.15) is 0 Å². The third-order valence-electron chi connectivity index (χ3n) is 4.52. The molecule has 164 valence electrons. The number of carboxylic acid groups (broad SMARTS) is 2. The van der Waals surface area contributed by atoms with Gasteiger partial charge >= 0.3 is 11.9 Å². The molecule has 31 heavy (non-hydrogen) atoms. The molecule has 1 aliphatic heterocycles. The minimum atomic E-state index is -1.82. The number of aliphatic carboxylic acids is 2. The highest BCUT2D eigenvalue weighted by atomic mass is 79.9. The molecule has 0 saturated carbocycles. The third-order valence-corrected chi connectivity index (χ3v) is 5.29. The second kappa shape index (κ2) is 11.2. The first-order valence-electron chi connectivity index (χ1n) is 9.14. The van der Waals surface area contributed by atoms with Crippen LogP contribution >= 0.6 is 15.9 Å². The molecular weight excluding hydrogens is 474 g/mol. The molecule has 1 amide bonds. The number of nitrogens with zero attached hydrogens (tertiary/aromatic N) is 3. The molecule has 0 atom stereocenters. The van der Waals surface area contributed by atoms with Gasteiger partial charge in [0.15, 0.2) is 0 Å². The number of non-ortho nitro benzene ring substituents is 1. The zero-order valence-electron chi connectivity index (χ0n) is 16.3. The molecule has 2 aromatic carbocycles. The van der Waals surface area contributed by atoms with E-state index in [4.69, 9.17) is 19.8 Å². The first-order chi connectivity index (χ1) is 14.7. The fraction of sp³-hybridized carbons (Fsp3) is 0.250. The summed E-state index contributed by atoms with van der Waals surface area (Å²) in [4.78, 5) is 45.1. The minimum Gasteiger partial charge on any atom is -0.473 e. The summed E-state index contributed by atoms with van der Waals surface area (Å²) < 4.78 is 1.10. The van der Waals surface area contributed by atoms with Crippen molar-refractivity contribution in [3.63, 3.8) is 0 Å². The van der Waals surface area contributed by atoms with Crippen LogP contribution in [-0.4, -0.2) is 69.0 Å². The minimum absolute atomic E-state index is 0.00481. The highest BCUT2D eigenvalue weighted by Crippen LogP contribution is 2.19. The van der Waals surface area contributed by atoms with Crippen LogP contribution in [0.15, 0.2) is 53.0 Å². The van der Waals surface area contributed by atoms with E-state index in [1.54, 1.807) is 4.90 Å². The fourth-order valence-corrected chi connectivity index (χ4v) is 3.30. The Bertz CT molecular complexity index is 946. The van der Waals surface area contributed by atoms with Crippen molar-refractivity contribution < 1.29 is 29.5 Å². The predicted molar refractivity (Wildman–Crippen MR) is 114 cm³/mol. The summed E-state index contributed by atoms with van der Waals surface area (Å²) in [7, 11) is 0. The number of nitro benzene ring substituents is 1. The van der Waals surface area contributed by atoms with E-state index >= 15 is 0 Å². The van der Waals surface area contributed by atoms with E-state index in [1.165, 1.54) is 29.8 Å².